The molecule has 3 rings (SSSR count). The van der Waals surface area contributed by atoms with Crippen LogP contribution < -0.4 is 0 Å². The summed E-state index contributed by atoms with van der Waals surface area (Å²) < 4.78 is 55.2. The number of halogens is 5. The van der Waals surface area contributed by atoms with Crippen molar-refractivity contribution < 1.29 is 22.4 Å². The number of aromatic nitrogens is 1. The van der Waals surface area contributed by atoms with E-state index in [1.54, 1.807) is 6.20 Å². The summed E-state index contributed by atoms with van der Waals surface area (Å²) in [6.45, 7) is 0.0311. The van der Waals surface area contributed by atoms with Crippen LogP contribution in [0.3, 0.4) is 0 Å². The number of carbonyl (C=O) groups is 1. The smallest absolute Gasteiger partial charge is 0.315 e. The highest BCUT2D eigenvalue weighted by molar-refractivity contribution is 14.1. The molecule has 0 N–H and O–H groups in total. The highest BCUT2D eigenvalue weighted by atomic mass is 127. The molecule has 2 aromatic rings. The minimum Gasteiger partial charge on any atom is -0.345 e. The molecule has 0 saturated heterocycles. The van der Waals surface area contributed by atoms with Gasteiger partial charge in [-0.05, 0) is 40.3 Å². The highest BCUT2D eigenvalue weighted by Crippen LogP contribution is 2.38. The Bertz CT molecular complexity index is 733. The van der Waals surface area contributed by atoms with Gasteiger partial charge in [-0.2, -0.15) is 8.78 Å². The summed E-state index contributed by atoms with van der Waals surface area (Å²) in [5.74, 6) is -6.05. The molecule has 21 heavy (non-hydrogen) atoms. The van der Waals surface area contributed by atoms with Gasteiger partial charge >= 0.3 is 5.92 Å². The number of benzene rings is 1. The first-order valence-electron chi connectivity index (χ1n) is 6.03. The van der Waals surface area contributed by atoms with E-state index >= 15 is 0 Å². The summed E-state index contributed by atoms with van der Waals surface area (Å²) in [6, 6.07) is 3.01. The van der Waals surface area contributed by atoms with Crippen molar-refractivity contribution in [2.75, 3.05) is 0 Å². The van der Waals surface area contributed by atoms with E-state index in [0.717, 1.165) is 18.2 Å². The van der Waals surface area contributed by atoms with Crippen LogP contribution >= 0.6 is 22.6 Å². The molecule has 1 aliphatic rings. The second kappa shape index (κ2) is 4.82. The van der Waals surface area contributed by atoms with Crippen molar-refractivity contribution in [2.24, 2.45) is 0 Å². The van der Waals surface area contributed by atoms with Gasteiger partial charge in [0.25, 0.3) is 0 Å². The number of alkyl halides is 2. The zero-order valence-electron chi connectivity index (χ0n) is 10.5. The average molecular weight is 409 g/mol. The van der Waals surface area contributed by atoms with Gasteiger partial charge in [-0.1, -0.05) is 0 Å². The van der Waals surface area contributed by atoms with Gasteiger partial charge in [-0.3, -0.25) is 4.79 Å². The fourth-order valence-corrected chi connectivity index (χ4v) is 3.40. The van der Waals surface area contributed by atoms with Crippen LogP contribution in [0.5, 0.6) is 0 Å². The van der Waals surface area contributed by atoms with E-state index < -0.39 is 29.8 Å². The first-order valence-corrected chi connectivity index (χ1v) is 7.11. The monoisotopic (exact) mass is 409 g/mol. The van der Waals surface area contributed by atoms with Gasteiger partial charge in [-0.15, -0.1) is 0 Å². The Labute approximate surface area is 130 Å². The Morgan fingerprint density at radius 3 is 2.43 bits per heavy atom. The second-order valence-electron chi connectivity index (χ2n) is 4.91. The van der Waals surface area contributed by atoms with E-state index in [1.165, 1.54) is 4.57 Å². The maximum absolute atomic E-state index is 13.5. The van der Waals surface area contributed by atoms with Gasteiger partial charge in [0.2, 0.25) is 5.78 Å². The third-order valence-corrected chi connectivity index (χ3v) is 4.19. The Kier molecular flexibility index (Phi) is 3.34. The zero-order valence-corrected chi connectivity index (χ0v) is 12.6. The van der Waals surface area contributed by atoms with Crippen molar-refractivity contribution in [2.45, 2.75) is 18.9 Å². The van der Waals surface area contributed by atoms with E-state index in [9.17, 15) is 22.4 Å². The standard InChI is InChI=1S/C14H8F4INO/c15-8-1-7(2-9(16)3-8)5-20-6-10(19)12-11(20)4-14(17,18)13(12)21/h1-3,6H,4-5H2. The number of hydrogen-bond donors (Lipinski definition) is 0. The first-order chi connectivity index (χ1) is 9.78. The van der Waals surface area contributed by atoms with Crippen molar-refractivity contribution in [1.82, 2.24) is 4.57 Å². The summed E-state index contributed by atoms with van der Waals surface area (Å²) in [4.78, 5) is 11.6. The lowest BCUT2D eigenvalue weighted by Gasteiger charge is -2.10. The summed E-state index contributed by atoms with van der Waals surface area (Å²) in [7, 11) is 0. The van der Waals surface area contributed by atoms with Gasteiger partial charge in [-0.25, -0.2) is 8.78 Å². The molecule has 0 bridgehead atoms. The minimum atomic E-state index is -3.40. The van der Waals surface area contributed by atoms with Crippen LogP contribution in [-0.4, -0.2) is 16.3 Å². The lowest BCUT2D eigenvalue weighted by Crippen LogP contribution is -2.24. The zero-order chi connectivity index (χ0) is 15.4. The molecule has 0 unspecified atom stereocenters. The Balaban J connectivity index is 2.01. The van der Waals surface area contributed by atoms with Crippen molar-refractivity contribution in [3.63, 3.8) is 0 Å². The lowest BCUT2D eigenvalue weighted by atomic mass is 10.2. The molecule has 0 amide bonds. The molecule has 0 radical (unpaired) electrons. The predicted octanol–water partition coefficient (Wildman–Crippen LogP) is 3.79. The number of hydrogen-bond acceptors (Lipinski definition) is 1. The Morgan fingerprint density at radius 2 is 1.81 bits per heavy atom. The summed E-state index contributed by atoms with van der Waals surface area (Å²) in [5, 5.41) is 0. The third kappa shape index (κ3) is 2.47. The molecule has 1 aromatic carbocycles. The van der Waals surface area contributed by atoms with Crippen molar-refractivity contribution in [1.29, 1.82) is 0 Å². The van der Waals surface area contributed by atoms with Crippen LogP contribution in [0.25, 0.3) is 0 Å². The van der Waals surface area contributed by atoms with Crippen LogP contribution in [-0.2, 0) is 13.0 Å². The SMILES string of the molecule is O=C1c2c(I)cn(Cc3cc(F)cc(F)c3)c2CC1(F)F. The quantitative estimate of drug-likeness (QED) is 0.547. The van der Waals surface area contributed by atoms with Crippen LogP contribution in [0.15, 0.2) is 24.4 Å². The molecular formula is C14H8F4INO. The normalized spacial score (nSPS) is 16.3. The average Bonchev–Trinajstić information content (AvgIpc) is 2.75. The maximum Gasteiger partial charge on any atom is 0.315 e. The number of Topliss-reactive ketones (excluding diaryl/α,β-unsaturated/α-hetero) is 1. The molecule has 1 aromatic heterocycles. The Hall–Kier alpha value is -1.38. The van der Waals surface area contributed by atoms with Gasteiger partial charge in [0.1, 0.15) is 11.6 Å². The molecule has 7 heteroatoms. The summed E-state index contributed by atoms with van der Waals surface area (Å²) >= 11 is 1.81. The number of rotatable bonds is 2. The molecule has 0 spiro atoms. The number of carbonyl (C=O) groups excluding carboxylic acids is 1. The van der Waals surface area contributed by atoms with Crippen molar-refractivity contribution in [3.8, 4) is 0 Å². The fourth-order valence-electron chi connectivity index (χ4n) is 2.50. The van der Waals surface area contributed by atoms with Gasteiger partial charge < -0.3 is 4.57 Å². The largest absolute Gasteiger partial charge is 0.345 e. The molecule has 0 atom stereocenters. The highest BCUT2D eigenvalue weighted by Gasteiger charge is 2.49. The fraction of sp³-hybridized carbons (Fsp3) is 0.214. The molecule has 1 aliphatic carbocycles. The Morgan fingerprint density at radius 1 is 1.19 bits per heavy atom. The van der Waals surface area contributed by atoms with Crippen LogP contribution in [0.2, 0.25) is 0 Å². The number of ketones is 1. The van der Waals surface area contributed by atoms with Crippen LogP contribution in [0, 0.1) is 15.2 Å². The molecule has 110 valence electrons. The molecule has 0 saturated carbocycles. The minimum absolute atomic E-state index is 0.0116. The molecule has 0 aliphatic heterocycles. The third-order valence-electron chi connectivity index (χ3n) is 3.37. The van der Waals surface area contributed by atoms with E-state index in [-0.39, 0.29) is 17.8 Å². The van der Waals surface area contributed by atoms with E-state index in [1.807, 2.05) is 22.6 Å². The molecule has 2 nitrogen and oxygen atoms in total. The summed E-state index contributed by atoms with van der Waals surface area (Å²) in [6.07, 6.45) is 0.864. The second-order valence-corrected chi connectivity index (χ2v) is 6.08. The molecular weight excluding hydrogens is 401 g/mol. The van der Waals surface area contributed by atoms with Crippen LogP contribution in [0.4, 0.5) is 17.6 Å². The van der Waals surface area contributed by atoms with Crippen molar-refractivity contribution >= 4 is 28.4 Å². The lowest BCUT2D eigenvalue weighted by molar-refractivity contribution is 0.0160. The molecule has 1 heterocycles. The van der Waals surface area contributed by atoms with Gasteiger partial charge in [0.15, 0.2) is 0 Å². The topological polar surface area (TPSA) is 22.0 Å². The first kappa shape index (κ1) is 14.6. The van der Waals surface area contributed by atoms with E-state index in [0.29, 0.717) is 9.13 Å². The predicted molar refractivity (Wildman–Crippen MR) is 75.6 cm³/mol. The van der Waals surface area contributed by atoms with Crippen LogP contribution in [0.1, 0.15) is 21.6 Å². The maximum atomic E-state index is 13.5. The molecule has 0 fully saturated rings. The van der Waals surface area contributed by atoms with E-state index in [4.69, 9.17) is 0 Å². The van der Waals surface area contributed by atoms with Crippen molar-refractivity contribution in [3.05, 3.63) is 56.4 Å². The van der Waals surface area contributed by atoms with E-state index in [2.05, 4.69) is 0 Å². The van der Waals surface area contributed by atoms with Gasteiger partial charge in [0.05, 0.1) is 12.0 Å². The summed E-state index contributed by atoms with van der Waals surface area (Å²) in [5.41, 5.74) is 0.529. The number of fused-ring (bicyclic) bond motifs is 1. The van der Waals surface area contributed by atoms with Gasteiger partial charge in [0, 0.05) is 28.1 Å². The number of nitrogens with zero attached hydrogens (tertiary/aromatic N) is 1.